The average Bonchev–Trinajstić information content (AvgIpc) is 2.77. The summed E-state index contributed by atoms with van der Waals surface area (Å²) in [6.07, 6.45) is 6.66. The van der Waals surface area contributed by atoms with E-state index in [0.29, 0.717) is 0 Å². The van der Waals surface area contributed by atoms with Crippen molar-refractivity contribution in [2.24, 2.45) is 5.92 Å². The van der Waals surface area contributed by atoms with Gasteiger partial charge >= 0.3 is 0 Å². The van der Waals surface area contributed by atoms with Gasteiger partial charge in [-0.1, -0.05) is 25.5 Å². The largest absolute Gasteiger partial charge is 0.314 e. The van der Waals surface area contributed by atoms with Crippen LogP contribution in [-0.2, 0) is 6.42 Å². The molecule has 0 heterocycles. The summed E-state index contributed by atoms with van der Waals surface area (Å²) in [6.45, 7) is 3.42. The highest BCUT2D eigenvalue weighted by molar-refractivity contribution is 14.1. The van der Waals surface area contributed by atoms with Gasteiger partial charge in [-0.2, -0.15) is 0 Å². The Labute approximate surface area is 119 Å². The van der Waals surface area contributed by atoms with E-state index in [-0.39, 0.29) is 0 Å². The highest BCUT2D eigenvalue weighted by atomic mass is 127. The molecule has 1 aromatic rings. The molecule has 94 valence electrons. The first-order chi connectivity index (χ1) is 8.29. The molecule has 2 heteroatoms. The Morgan fingerprint density at radius 2 is 2.00 bits per heavy atom. The molecule has 2 atom stereocenters. The second-order valence-corrected chi connectivity index (χ2v) is 6.33. The van der Waals surface area contributed by atoms with Gasteiger partial charge in [0.05, 0.1) is 0 Å². The predicted molar refractivity (Wildman–Crippen MR) is 82.3 cm³/mol. The summed E-state index contributed by atoms with van der Waals surface area (Å²) in [4.78, 5) is 0. The van der Waals surface area contributed by atoms with E-state index in [1.807, 2.05) is 0 Å². The van der Waals surface area contributed by atoms with Gasteiger partial charge in [0.1, 0.15) is 0 Å². The Morgan fingerprint density at radius 1 is 1.24 bits per heavy atom. The van der Waals surface area contributed by atoms with Crippen molar-refractivity contribution in [3.8, 4) is 0 Å². The first-order valence-corrected chi connectivity index (χ1v) is 7.85. The standard InChI is InChI=1S/C15H22IN/c1-2-10-17-15-5-3-4-13(15)11-12-6-8-14(16)9-7-12/h6-9,13,15,17H,2-5,10-11H2,1H3. The van der Waals surface area contributed by atoms with Gasteiger partial charge in [0.15, 0.2) is 0 Å². The summed E-state index contributed by atoms with van der Waals surface area (Å²) < 4.78 is 1.33. The van der Waals surface area contributed by atoms with Crippen molar-refractivity contribution in [1.29, 1.82) is 0 Å². The van der Waals surface area contributed by atoms with Crippen LogP contribution in [0.3, 0.4) is 0 Å². The molecule has 1 fully saturated rings. The lowest BCUT2D eigenvalue weighted by Crippen LogP contribution is -2.33. The third kappa shape index (κ3) is 3.95. The molecule has 0 bridgehead atoms. The number of benzene rings is 1. The van der Waals surface area contributed by atoms with Crippen molar-refractivity contribution >= 4 is 22.6 Å². The second-order valence-electron chi connectivity index (χ2n) is 5.08. The Kier molecular flexibility index (Phi) is 5.29. The summed E-state index contributed by atoms with van der Waals surface area (Å²) in [5, 5.41) is 3.71. The molecule has 1 aromatic carbocycles. The maximum absolute atomic E-state index is 3.71. The fraction of sp³-hybridized carbons (Fsp3) is 0.600. The van der Waals surface area contributed by atoms with Gasteiger partial charge in [0.2, 0.25) is 0 Å². The van der Waals surface area contributed by atoms with E-state index in [1.165, 1.54) is 47.8 Å². The van der Waals surface area contributed by atoms with Gasteiger partial charge in [-0.05, 0) is 78.4 Å². The van der Waals surface area contributed by atoms with Gasteiger partial charge in [-0.3, -0.25) is 0 Å². The van der Waals surface area contributed by atoms with E-state index in [1.54, 1.807) is 0 Å². The molecule has 2 rings (SSSR count). The molecular weight excluding hydrogens is 321 g/mol. The summed E-state index contributed by atoms with van der Waals surface area (Å²) in [7, 11) is 0. The summed E-state index contributed by atoms with van der Waals surface area (Å²) in [6, 6.07) is 9.78. The summed E-state index contributed by atoms with van der Waals surface area (Å²) >= 11 is 2.37. The molecule has 1 aliphatic rings. The molecule has 0 amide bonds. The molecule has 0 aliphatic heterocycles. The lowest BCUT2D eigenvalue weighted by atomic mass is 9.94. The van der Waals surface area contributed by atoms with Crippen LogP contribution in [0.1, 0.15) is 38.2 Å². The van der Waals surface area contributed by atoms with Crippen LogP contribution in [0.2, 0.25) is 0 Å². The van der Waals surface area contributed by atoms with Crippen LogP contribution >= 0.6 is 22.6 Å². The lowest BCUT2D eigenvalue weighted by Gasteiger charge is -2.21. The Bertz CT molecular complexity index is 333. The minimum absolute atomic E-state index is 0.759. The van der Waals surface area contributed by atoms with E-state index >= 15 is 0 Å². The minimum atomic E-state index is 0.759. The zero-order valence-electron chi connectivity index (χ0n) is 10.6. The predicted octanol–water partition coefficient (Wildman–Crippen LogP) is 4.00. The fourth-order valence-electron chi connectivity index (χ4n) is 2.80. The van der Waals surface area contributed by atoms with Crippen LogP contribution < -0.4 is 5.32 Å². The Balaban J connectivity index is 1.90. The number of hydrogen-bond donors (Lipinski definition) is 1. The average molecular weight is 343 g/mol. The van der Waals surface area contributed by atoms with E-state index in [0.717, 1.165) is 12.0 Å². The van der Waals surface area contributed by atoms with Crippen molar-refractivity contribution < 1.29 is 0 Å². The first-order valence-electron chi connectivity index (χ1n) is 6.77. The highest BCUT2D eigenvalue weighted by Gasteiger charge is 2.26. The van der Waals surface area contributed by atoms with Gasteiger partial charge in [-0.25, -0.2) is 0 Å². The van der Waals surface area contributed by atoms with Gasteiger partial charge in [0, 0.05) is 9.61 Å². The molecule has 1 aliphatic carbocycles. The Hall–Kier alpha value is -0.0900. The zero-order chi connectivity index (χ0) is 12.1. The lowest BCUT2D eigenvalue weighted by molar-refractivity contribution is 0.399. The van der Waals surface area contributed by atoms with E-state index in [9.17, 15) is 0 Å². The molecule has 0 radical (unpaired) electrons. The Morgan fingerprint density at radius 3 is 2.71 bits per heavy atom. The quantitative estimate of drug-likeness (QED) is 0.797. The van der Waals surface area contributed by atoms with Crippen LogP contribution in [-0.4, -0.2) is 12.6 Å². The molecule has 1 N–H and O–H groups in total. The smallest absolute Gasteiger partial charge is 0.0130 e. The maximum Gasteiger partial charge on any atom is 0.0130 e. The number of nitrogens with one attached hydrogen (secondary N) is 1. The molecule has 1 saturated carbocycles. The number of hydrogen-bond acceptors (Lipinski definition) is 1. The molecular formula is C15H22IN. The highest BCUT2D eigenvalue weighted by Crippen LogP contribution is 2.29. The molecule has 0 aromatic heterocycles. The molecule has 1 nitrogen and oxygen atoms in total. The van der Waals surface area contributed by atoms with Gasteiger partial charge in [0.25, 0.3) is 0 Å². The zero-order valence-corrected chi connectivity index (χ0v) is 12.7. The monoisotopic (exact) mass is 343 g/mol. The maximum atomic E-state index is 3.71. The summed E-state index contributed by atoms with van der Waals surface area (Å²) in [5.74, 6) is 0.849. The molecule has 2 unspecified atom stereocenters. The normalized spacial score (nSPS) is 24.1. The van der Waals surface area contributed by atoms with Gasteiger partial charge in [-0.15, -0.1) is 0 Å². The van der Waals surface area contributed by atoms with E-state index in [4.69, 9.17) is 0 Å². The second kappa shape index (κ2) is 6.74. The minimum Gasteiger partial charge on any atom is -0.314 e. The van der Waals surface area contributed by atoms with Crippen LogP contribution in [0.15, 0.2) is 24.3 Å². The fourth-order valence-corrected chi connectivity index (χ4v) is 3.16. The number of rotatable bonds is 5. The topological polar surface area (TPSA) is 12.0 Å². The van der Waals surface area contributed by atoms with E-state index in [2.05, 4.69) is 59.1 Å². The molecule has 17 heavy (non-hydrogen) atoms. The van der Waals surface area contributed by atoms with Gasteiger partial charge < -0.3 is 5.32 Å². The van der Waals surface area contributed by atoms with Crippen LogP contribution in [0, 0.1) is 9.49 Å². The SMILES string of the molecule is CCCNC1CCCC1Cc1ccc(I)cc1. The van der Waals surface area contributed by atoms with Crippen LogP contribution in [0.25, 0.3) is 0 Å². The van der Waals surface area contributed by atoms with Crippen molar-refractivity contribution in [1.82, 2.24) is 5.32 Å². The third-order valence-electron chi connectivity index (χ3n) is 3.73. The van der Waals surface area contributed by atoms with Crippen molar-refractivity contribution in [2.45, 2.75) is 45.1 Å². The van der Waals surface area contributed by atoms with Crippen molar-refractivity contribution in [3.63, 3.8) is 0 Å². The third-order valence-corrected chi connectivity index (χ3v) is 4.45. The molecule has 0 spiro atoms. The van der Waals surface area contributed by atoms with Crippen LogP contribution in [0.5, 0.6) is 0 Å². The summed E-state index contributed by atoms with van der Waals surface area (Å²) in [5.41, 5.74) is 1.50. The molecule has 0 saturated heterocycles. The van der Waals surface area contributed by atoms with Crippen molar-refractivity contribution in [2.75, 3.05) is 6.54 Å². The van der Waals surface area contributed by atoms with Crippen molar-refractivity contribution in [3.05, 3.63) is 33.4 Å². The van der Waals surface area contributed by atoms with Crippen LogP contribution in [0.4, 0.5) is 0 Å². The number of halogens is 1. The van der Waals surface area contributed by atoms with E-state index < -0.39 is 0 Å². The first kappa shape index (κ1) is 13.3.